The molecule has 0 bridgehead atoms. The van der Waals surface area contributed by atoms with Gasteiger partial charge in [-0.3, -0.25) is 9.59 Å². The van der Waals surface area contributed by atoms with Crippen LogP contribution < -0.4 is 14.8 Å². The van der Waals surface area contributed by atoms with E-state index in [-0.39, 0.29) is 17.4 Å². The first kappa shape index (κ1) is 23.9. The molecular weight excluding hydrogens is 384 g/mol. The van der Waals surface area contributed by atoms with E-state index < -0.39 is 10.0 Å². The molecule has 0 saturated heterocycles. The van der Waals surface area contributed by atoms with E-state index in [9.17, 15) is 18.0 Å². The van der Waals surface area contributed by atoms with Gasteiger partial charge in [0.2, 0.25) is 15.9 Å². The average Bonchev–Trinajstić information content (AvgIpc) is 2.68. The third-order valence-corrected chi connectivity index (χ3v) is 6.05. The van der Waals surface area contributed by atoms with Crippen LogP contribution in [0.25, 0.3) is 0 Å². The number of Topliss-reactive ketones (excluding diaryl/α,β-unsaturated/α-hetero) is 1. The summed E-state index contributed by atoms with van der Waals surface area (Å²) in [5.41, 5.74) is 0.543. The highest BCUT2D eigenvalue weighted by Crippen LogP contribution is 2.28. The van der Waals surface area contributed by atoms with Gasteiger partial charge in [-0.15, -0.1) is 0 Å². The van der Waals surface area contributed by atoms with Crippen molar-refractivity contribution in [2.75, 3.05) is 39.6 Å². The van der Waals surface area contributed by atoms with Gasteiger partial charge in [-0.05, 0) is 44.9 Å². The number of methoxy groups -OCH3 is 1. The SMILES string of the molecule is CCS(=O)(=O)N(C)CCCNC(=O)CCCOc1ccc(C(C)=O)cc1OC. The molecule has 0 atom stereocenters. The topological polar surface area (TPSA) is 102 Å². The summed E-state index contributed by atoms with van der Waals surface area (Å²) in [5.74, 6) is 0.901. The van der Waals surface area contributed by atoms with E-state index in [0.717, 1.165) is 0 Å². The molecule has 0 aliphatic carbocycles. The van der Waals surface area contributed by atoms with Crippen LogP contribution in [-0.2, 0) is 14.8 Å². The number of amides is 1. The smallest absolute Gasteiger partial charge is 0.220 e. The van der Waals surface area contributed by atoms with Crippen LogP contribution >= 0.6 is 0 Å². The monoisotopic (exact) mass is 414 g/mol. The molecule has 1 rings (SSSR count). The van der Waals surface area contributed by atoms with Gasteiger partial charge in [-0.2, -0.15) is 0 Å². The summed E-state index contributed by atoms with van der Waals surface area (Å²) in [6.07, 6.45) is 1.38. The van der Waals surface area contributed by atoms with Crippen LogP contribution in [0.3, 0.4) is 0 Å². The van der Waals surface area contributed by atoms with Crippen molar-refractivity contribution in [3.8, 4) is 11.5 Å². The van der Waals surface area contributed by atoms with Crippen molar-refractivity contribution in [2.45, 2.75) is 33.1 Å². The normalized spacial score (nSPS) is 11.3. The lowest BCUT2D eigenvalue weighted by atomic mass is 10.1. The molecule has 0 unspecified atom stereocenters. The van der Waals surface area contributed by atoms with Crippen LogP contribution in [-0.4, -0.2) is 64.0 Å². The van der Waals surface area contributed by atoms with Crippen LogP contribution in [0.15, 0.2) is 18.2 Å². The predicted octanol–water partition coefficient (Wildman–Crippen LogP) is 1.84. The third-order valence-electron chi connectivity index (χ3n) is 4.19. The summed E-state index contributed by atoms with van der Waals surface area (Å²) in [4.78, 5) is 23.2. The van der Waals surface area contributed by atoms with Gasteiger partial charge in [-0.1, -0.05) is 0 Å². The third kappa shape index (κ3) is 7.85. The zero-order valence-corrected chi connectivity index (χ0v) is 17.8. The predicted molar refractivity (Wildman–Crippen MR) is 107 cm³/mol. The number of rotatable bonds is 13. The molecule has 1 N–H and O–H groups in total. The minimum absolute atomic E-state index is 0.0555. The summed E-state index contributed by atoms with van der Waals surface area (Å²) in [5, 5.41) is 2.77. The largest absolute Gasteiger partial charge is 0.493 e. The van der Waals surface area contributed by atoms with Crippen molar-refractivity contribution in [1.29, 1.82) is 0 Å². The Kier molecular flexibility index (Phi) is 9.95. The number of ketones is 1. The van der Waals surface area contributed by atoms with Crippen LogP contribution in [0.5, 0.6) is 11.5 Å². The van der Waals surface area contributed by atoms with Crippen LogP contribution in [0.2, 0.25) is 0 Å². The number of nitrogens with one attached hydrogen (secondary N) is 1. The molecule has 0 saturated carbocycles. The Balaban J connectivity index is 2.28. The molecule has 1 aromatic carbocycles. The first-order chi connectivity index (χ1) is 13.2. The first-order valence-electron chi connectivity index (χ1n) is 9.23. The molecule has 9 heteroatoms. The standard InChI is InChI=1S/C19H30N2O6S/c1-5-28(24,25)21(3)12-7-11-20-19(23)8-6-13-27-17-10-9-16(15(2)22)14-18(17)26-4/h9-10,14H,5-8,11-13H2,1-4H3,(H,20,23). The maximum Gasteiger partial charge on any atom is 0.220 e. The fourth-order valence-electron chi connectivity index (χ4n) is 2.40. The van der Waals surface area contributed by atoms with Gasteiger partial charge in [0.25, 0.3) is 0 Å². The van der Waals surface area contributed by atoms with Gasteiger partial charge >= 0.3 is 0 Å². The second kappa shape index (κ2) is 11.7. The Morgan fingerprint density at radius 1 is 1.18 bits per heavy atom. The van der Waals surface area contributed by atoms with Crippen molar-refractivity contribution < 1.29 is 27.5 Å². The molecule has 0 aliphatic heterocycles. The molecule has 8 nitrogen and oxygen atoms in total. The lowest BCUT2D eigenvalue weighted by Gasteiger charge is -2.15. The number of ether oxygens (including phenoxy) is 2. The molecule has 158 valence electrons. The summed E-state index contributed by atoms with van der Waals surface area (Å²) < 4.78 is 35.4. The molecule has 0 radical (unpaired) electrons. The van der Waals surface area contributed by atoms with E-state index in [1.807, 2.05) is 0 Å². The van der Waals surface area contributed by atoms with Crippen molar-refractivity contribution in [1.82, 2.24) is 9.62 Å². The summed E-state index contributed by atoms with van der Waals surface area (Å²) >= 11 is 0. The van der Waals surface area contributed by atoms with Gasteiger partial charge in [0.05, 0.1) is 19.5 Å². The number of carbonyl (C=O) groups excluding carboxylic acids is 2. The Morgan fingerprint density at radius 3 is 2.50 bits per heavy atom. The van der Waals surface area contributed by atoms with E-state index in [1.165, 1.54) is 25.4 Å². The maximum absolute atomic E-state index is 11.8. The maximum atomic E-state index is 11.8. The summed E-state index contributed by atoms with van der Waals surface area (Å²) in [6.45, 7) is 4.21. The fourth-order valence-corrected chi connectivity index (χ4v) is 3.25. The Hall–Kier alpha value is -2.13. The van der Waals surface area contributed by atoms with Crippen molar-refractivity contribution in [2.24, 2.45) is 0 Å². The lowest BCUT2D eigenvalue weighted by molar-refractivity contribution is -0.121. The number of hydrogen-bond donors (Lipinski definition) is 1. The minimum Gasteiger partial charge on any atom is -0.493 e. The quantitative estimate of drug-likeness (QED) is 0.390. The second-order valence-electron chi connectivity index (χ2n) is 6.30. The van der Waals surface area contributed by atoms with Gasteiger partial charge in [0.1, 0.15) is 0 Å². The van der Waals surface area contributed by atoms with Gasteiger partial charge < -0.3 is 14.8 Å². The molecule has 1 aromatic rings. The van der Waals surface area contributed by atoms with Gasteiger partial charge in [0.15, 0.2) is 17.3 Å². The van der Waals surface area contributed by atoms with Crippen molar-refractivity contribution in [3.63, 3.8) is 0 Å². The molecule has 0 heterocycles. The zero-order chi connectivity index (χ0) is 21.2. The Bertz CT molecular complexity index is 764. The molecule has 28 heavy (non-hydrogen) atoms. The van der Waals surface area contributed by atoms with E-state index >= 15 is 0 Å². The zero-order valence-electron chi connectivity index (χ0n) is 17.0. The summed E-state index contributed by atoms with van der Waals surface area (Å²) in [7, 11) is -0.141. The molecule has 0 aliphatic rings. The van der Waals surface area contributed by atoms with Gasteiger partial charge in [-0.25, -0.2) is 12.7 Å². The van der Waals surface area contributed by atoms with E-state index in [1.54, 1.807) is 25.1 Å². The highest BCUT2D eigenvalue weighted by atomic mass is 32.2. The van der Waals surface area contributed by atoms with E-state index in [0.29, 0.717) is 56.0 Å². The number of benzene rings is 1. The number of nitrogens with zero attached hydrogens (tertiary/aromatic N) is 1. The number of hydrogen-bond acceptors (Lipinski definition) is 6. The number of carbonyl (C=O) groups is 2. The second-order valence-corrected chi connectivity index (χ2v) is 8.66. The van der Waals surface area contributed by atoms with Crippen molar-refractivity contribution >= 4 is 21.7 Å². The van der Waals surface area contributed by atoms with Gasteiger partial charge in [0, 0.05) is 32.1 Å². The molecule has 0 fully saturated rings. The lowest BCUT2D eigenvalue weighted by Crippen LogP contribution is -2.32. The Labute approximate surface area is 167 Å². The van der Waals surface area contributed by atoms with E-state index in [4.69, 9.17) is 9.47 Å². The Morgan fingerprint density at radius 2 is 1.89 bits per heavy atom. The average molecular weight is 415 g/mol. The first-order valence-corrected chi connectivity index (χ1v) is 10.8. The summed E-state index contributed by atoms with van der Waals surface area (Å²) in [6, 6.07) is 4.97. The highest BCUT2D eigenvalue weighted by molar-refractivity contribution is 7.89. The van der Waals surface area contributed by atoms with Crippen LogP contribution in [0.1, 0.15) is 43.5 Å². The molecule has 0 aromatic heterocycles. The molecular formula is C19H30N2O6S. The minimum atomic E-state index is -3.18. The fraction of sp³-hybridized carbons (Fsp3) is 0.579. The number of sulfonamides is 1. The van der Waals surface area contributed by atoms with Crippen LogP contribution in [0.4, 0.5) is 0 Å². The molecule has 1 amide bonds. The van der Waals surface area contributed by atoms with Crippen LogP contribution in [0, 0.1) is 0 Å². The highest BCUT2D eigenvalue weighted by Gasteiger charge is 2.14. The molecule has 0 spiro atoms. The van der Waals surface area contributed by atoms with Crippen molar-refractivity contribution in [3.05, 3.63) is 23.8 Å². The van der Waals surface area contributed by atoms with E-state index in [2.05, 4.69) is 5.32 Å².